The zero-order valence-electron chi connectivity index (χ0n) is 12.7. The Kier molecular flexibility index (Phi) is 5.22. The van der Waals surface area contributed by atoms with E-state index in [1.807, 2.05) is 0 Å². The van der Waals surface area contributed by atoms with Crippen molar-refractivity contribution in [2.75, 3.05) is 0 Å². The van der Waals surface area contributed by atoms with Crippen molar-refractivity contribution in [1.29, 1.82) is 0 Å². The summed E-state index contributed by atoms with van der Waals surface area (Å²) in [7, 11) is 0. The average Bonchev–Trinajstić information content (AvgIpc) is 2.33. The molecule has 0 heterocycles. The summed E-state index contributed by atoms with van der Waals surface area (Å²) in [5.74, 6) is -1.44. The van der Waals surface area contributed by atoms with Gasteiger partial charge in [0.15, 0.2) is 0 Å². The van der Waals surface area contributed by atoms with Crippen molar-refractivity contribution in [2.24, 2.45) is 0 Å². The lowest BCUT2D eigenvalue weighted by molar-refractivity contribution is -0.143. The van der Waals surface area contributed by atoms with E-state index < -0.39 is 46.6 Å². The van der Waals surface area contributed by atoms with Crippen molar-refractivity contribution in [3.05, 3.63) is 34.9 Å². The number of alkyl halides is 6. The Balaban J connectivity index is 3.18. The van der Waals surface area contributed by atoms with E-state index >= 15 is 0 Å². The molecule has 4 nitrogen and oxygen atoms in total. The third kappa shape index (κ3) is 5.74. The van der Waals surface area contributed by atoms with Crippen molar-refractivity contribution in [1.82, 2.24) is 5.32 Å². The summed E-state index contributed by atoms with van der Waals surface area (Å²) in [5.41, 5.74) is -5.30. The van der Waals surface area contributed by atoms with Crippen molar-refractivity contribution in [2.45, 2.75) is 38.7 Å². The molecule has 0 radical (unpaired) electrons. The van der Waals surface area contributed by atoms with Crippen LogP contribution in [-0.4, -0.2) is 17.6 Å². The Morgan fingerprint density at radius 1 is 0.875 bits per heavy atom. The van der Waals surface area contributed by atoms with E-state index in [9.17, 15) is 35.9 Å². The molecule has 1 rings (SSSR count). The fourth-order valence-corrected chi connectivity index (χ4v) is 1.55. The van der Waals surface area contributed by atoms with Crippen molar-refractivity contribution < 1.29 is 40.7 Å². The monoisotopic (exact) mass is 357 g/mol. The number of alkyl carbamates (subject to hydrolysis) is 1. The number of ether oxygens (including phenoxy) is 1. The van der Waals surface area contributed by atoms with Crippen LogP contribution in [-0.2, 0) is 17.1 Å². The highest BCUT2D eigenvalue weighted by atomic mass is 19.4. The maximum absolute atomic E-state index is 12.7. The van der Waals surface area contributed by atoms with Gasteiger partial charge in [-0.25, -0.2) is 4.79 Å². The minimum absolute atomic E-state index is 0.121. The smallest absolute Gasteiger partial charge is 0.416 e. The van der Waals surface area contributed by atoms with E-state index in [1.54, 1.807) is 5.32 Å². The fourth-order valence-electron chi connectivity index (χ4n) is 1.55. The standard InChI is InChI=1S/C14H13F6NO3/c1-12(2,3)24-11(23)21-10(22)7-4-8(13(15,16)17)6-9(5-7)14(18,19)20/h4-6H,1-3H3,(H,21,22,23). The van der Waals surface area contributed by atoms with Gasteiger partial charge >= 0.3 is 18.4 Å². The van der Waals surface area contributed by atoms with Gasteiger partial charge in [0, 0.05) is 5.56 Å². The second-order valence-electron chi connectivity index (χ2n) is 5.75. The molecule has 1 aromatic rings. The third-order valence-corrected chi connectivity index (χ3v) is 2.46. The summed E-state index contributed by atoms with van der Waals surface area (Å²) in [6.07, 6.45) is -11.5. The summed E-state index contributed by atoms with van der Waals surface area (Å²) in [4.78, 5) is 23.2. The largest absolute Gasteiger partial charge is 0.444 e. The van der Waals surface area contributed by atoms with Crippen LogP contribution in [0.5, 0.6) is 0 Å². The topological polar surface area (TPSA) is 55.4 Å². The number of carbonyl (C=O) groups is 2. The zero-order valence-corrected chi connectivity index (χ0v) is 12.7. The summed E-state index contributed by atoms with van der Waals surface area (Å²) < 4.78 is 80.9. The summed E-state index contributed by atoms with van der Waals surface area (Å²) >= 11 is 0. The van der Waals surface area contributed by atoms with Crippen molar-refractivity contribution in [3.8, 4) is 0 Å². The molecular formula is C14H13F6NO3. The molecule has 0 fully saturated rings. The van der Waals surface area contributed by atoms with Gasteiger partial charge in [0.1, 0.15) is 5.60 Å². The van der Waals surface area contributed by atoms with Crippen LogP contribution in [0.25, 0.3) is 0 Å². The lowest BCUT2D eigenvalue weighted by Crippen LogP contribution is -2.36. The average molecular weight is 357 g/mol. The van der Waals surface area contributed by atoms with E-state index in [-0.39, 0.29) is 18.2 Å². The molecule has 0 bridgehead atoms. The Bertz CT molecular complexity index is 611. The lowest BCUT2D eigenvalue weighted by Gasteiger charge is -2.19. The first-order chi connectivity index (χ1) is 10.6. The Labute approximate surface area is 132 Å². The van der Waals surface area contributed by atoms with Crippen LogP contribution in [0.1, 0.15) is 42.3 Å². The highest BCUT2D eigenvalue weighted by Gasteiger charge is 2.37. The third-order valence-electron chi connectivity index (χ3n) is 2.46. The maximum atomic E-state index is 12.7. The molecule has 0 aromatic heterocycles. The molecule has 0 aliphatic rings. The second kappa shape index (κ2) is 6.33. The molecule has 0 atom stereocenters. The fraction of sp³-hybridized carbons (Fsp3) is 0.429. The Morgan fingerprint density at radius 3 is 1.62 bits per heavy atom. The summed E-state index contributed by atoms with van der Waals surface area (Å²) in [6, 6.07) is 0.314. The van der Waals surface area contributed by atoms with E-state index in [0.29, 0.717) is 0 Å². The predicted molar refractivity (Wildman–Crippen MR) is 70.1 cm³/mol. The highest BCUT2D eigenvalue weighted by molar-refractivity contribution is 6.03. The molecule has 0 aliphatic heterocycles. The number of hydrogen-bond donors (Lipinski definition) is 1. The van der Waals surface area contributed by atoms with E-state index in [0.717, 1.165) is 0 Å². The molecule has 0 aliphatic carbocycles. The van der Waals surface area contributed by atoms with Gasteiger partial charge in [0.25, 0.3) is 5.91 Å². The van der Waals surface area contributed by atoms with Crippen LogP contribution in [0.4, 0.5) is 31.1 Å². The van der Waals surface area contributed by atoms with Gasteiger partial charge in [-0.2, -0.15) is 26.3 Å². The Hall–Kier alpha value is -2.26. The first-order valence-corrected chi connectivity index (χ1v) is 6.43. The number of halogens is 6. The van der Waals surface area contributed by atoms with Crippen LogP contribution in [0.2, 0.25) is 0 Å². The molecule has 0 saturated carbocycles. The van der Waals surface area contributed by atoms with Crippen LogP contribution >= 0.6 is 0 Å². The van der Waals surface area contributed by atoms with Gasteiger partial charge in [-0.05, 0) is 39.0 Å². The molecule has 1 aromatic carbocycles. The normalized spacial score (nSPS) is 12.7. The molecule has 10 heteroatoms. The number of hydrogen-bond acceptors (Lipinski definition) is 3. The predicted octanol–water partition coefficient (Wildman–Crippen LogP) is 4.39. The molecule has 0 spiro atoms. The van der Waals surface area contributed by atoms with Gasteiger partial charge in [-0.1, -0.05) is 0 Å². The first-order valence-electron chi connectivity index (χ1n) is 6.43. The van der Waals surface area contributed by atoms with Crippen LogP contribution in [0.3, 0.4) is 0 Å². The number of nitrogens with one attached hydrogen (secondary N) is 1. The molecule has 1 N–H and O–H groups in total. The van der Waals surface area contributed by atoms with Crippen LogP contribution in [0, 0.1) is 0 Å². The minimum Gasteiger partial charge on any atom is -0.444 e. The molecular weight excluding hydrogens is 344 g/mol. The van der Waals surface area contributed by atoms with E-state index in [2.05, 4.69) is 0 Å². The van der Waals surface area contributed by atoms with Gasteiger partial charge in [-0.15, -0.1) is 0 Å². The number of carbonyl (C=O) groups excluding carboxylic acids is 2. The number of rotatable bonds is 1. The zero-order chi connectivity index (χ0) is 18.9. The molecule has 0 saturated heterocycles. The molecule has 134 valence electrons. The molecule has 0 unspecified atom stereocenters. The van der Waals surface area contributed by atoms with Gasteiger partial charge in [0.05, 0.1) is 11.1 Å². The maximum Gasteiger partial charge on any atom is 0.416 e. The highest BCUT2D eigenvalue weighted by Crippen LogP contribution is 2.36. The van der Waals surface area contributed by atoms with Crippen molar-refractivity contribution >= 4 is 12.0 Å². The second-order valence-corrected chi connectivity index (χ2v) is 5.75. The van der Waals surface area contributed by atoms with Gasteiger partial charge in [0.2, 0.25) is 0 Å². The van der Waals surface area contributed by atoms with Gasteiger partial charge < -0.3 is 4.74 Å². The number of amides is 2. The Morgan fingerprint density at radius 2 is 1.29 bits per heavy atom. The summed E-state index contributed by atoms with van der Waals surface area (Å²) in [5, 5.41) is 1.58. The summed E-state index contributed by atoms with van der Waals surface area (Å²) in [6.45, 7) is 4.38. The number of imide groups is 1. The van der Waals surface area contributed by atoms with Crippen LogP contribution in [0.15, 0.2) is 18.2 Å². The number of benzene rings is 1. The van der Waals surface area contributed by atoms with E-state index in [4.69, 9.17) is 4.74 Å². The first kappa shape index (κ1) is 19.8. The van der Waals surface area contributed by atoms with E-state index in [1.165, 1.54) is 20.8 Å². The van der Waals surface area contributed by atoms with Crippen molar-refractivity contribution in [3.63, 3.8) is 0 Å². The quantitative estimate of drug-likeness (QED) is 0.759. The minimum atomic E-state index is -5.10. The molecule has 24 heavy (non-hydrogen) atoms. The molecule has 2 amide bonds. The lowest BCUT2D eigenvalue weighted by atomic mass is 10.0. The van der Waals surface area contributed by atoms with Crippen LogP contribution < -0.4 is 5.32 Å². The van der Waals surface area contributed by atoms with Gasteiger partial charge in [-0.3, -0.25) is 10.1 Å². The SMILES string of the molecule is CC(C)(C)OC(=O)NC(=O)c1cc(C(F)(F)F)cc(C(F)(F)F)c1.